The van der Waals surface area contributed by atoms with Crippen LogP contribution in [0.1, 0.15) is 16.1 Å². The van der Waals surface area contributed by atoms with E-state index < -0.39 is 17.4 Å². The smallest absolute Gasteiger partial charge is 0.332 e. The van der Waals surface area contributed by atoms with Gasteiger partial charge in [0.15, 0.2) is 17.2 Å². The molecule has 0 unspecified atom stereocenters. The summed E-state index contributed by atoms with van der Waals surface area (Å²) in [5.74, 6) is -1.21. The first-order valence-corrected chi connectivity index (χ1v) is 8.10. The van der Waals surface area contributed by atoms with Crippen LogP contribution in [0.2, 0.25) is 0 Å². The van der Waals surface area contributed by atoms with Crippen LogP contribution in [-0.2, 0) is 0 Å². The summed E-state index contributed by atoms with van der Waals surface area (Å²) < 4.78 is 15.4. The number of hydrogen-bond acceptors (Lipinski definition) is 4. The second-order valence-corrected chi connectivity index (χ2v) is 6.05. The van der Waals surface area contributed by atoms with E-state index in [9.17, 15) is 14.0 Å². The van der Waals surface area contributed by atoms with E-state index in [1.54, 1.807) is 12.1 Å². The first-order chi connectivity index (χ1) is 13.0. The molecule has 3 N–H and O–H groups in total. The lowest BCUT2D eigenvalue weighted by atomic mass is 10.1. The lowest BCUT2D eigenvalue weighted by Crippen LogP contribution is -2.16. The van der Waals surface area contributed by atoms with Crippen LogP contribution >= 0.6 is 0 Å². The Hall–Kier alpha value is -3.81. The molecule has 7 nitrogen and oxygen atoms in total. The summed E-state index contributed by atoms with van der Waals surface area (Å²) in [4.78, 5) is 35.5. The van der Waals surface area contributed by atoms with Crippen LogP contribution in [-0.4, -0.2) is 25.4 Å². The Morgan fingerprint density at radius 2 is 1.93 bits per heavy atom. The molecular weight excluding hydrogens is 349 g/mol. The number of benzene rings is 2. The van der Waals surface area contributed by atoms with Gasteiger partial charge in [-0.05, 0) is 25.1 Å². The van der Waals surface area contributed by atoms with E-state index in [4.69, 9.17) is 5.73 Å². The number of imidazole rings is 1. The van der Waals surface area contributed by atoms with E-state index in [1.807, 2.05) is 25.1 Å². The fourth-order valence-corrected chi connectivity index (χ4v) is 2.93. The highest BCUT2D eigenvalue weighted by Crippen LogP contribution is 2.23. The van der Waals surface area contributed by atoms with Gasteiger partial charge in [-0.15, -0.1) is 0 Å². The second kappa shape index (κ2) is 6.17. The van der Waals surface area contributed by atoms with Crippen LogP contribution in [0.5, 0.6) is 0 Å². The van der Waals surface area contributed by atoms with Crippen molar-refractivity contribution in [1.82, 2.24) is 19.5 Å². The van der Waals surface area contributed by atoms with Gasteiger partial charge in [-0.1, -0.05) is 35.9 Å². The predicted octanol–water partition coefficient (Wildman–Crippen LogP) is 2.32. The number of nitrogens with two attached hydrogens (primary N) is 1. The monoisotopic (exact) mass is 363 g/mol. The Bertz CT molecular complexity index is 1260. The van der Waals surface area contributed by atoms with Crippen molar-refractivity contribution in [2.75, 3.05) is 0 Å². The van der Waals surface area contributed by atoms with E-state index in [2.05, 4.69) is 15.0 Å². The van der Waals surface area contributed by atoms with Crippen LogP contribution in [0.15, 0.2) is 53.3 Å². The normalized spacial score (nSPS) is 11.0. The summed E-state index contributed by atoms with van der Waals surface area (Å²) >= 11 is 0. The quantitative estimate of drug-likeness (QED) is 0.582. The molecule has 0 atom stereocenters. The Kier molecular flexibility index (Phi) is 3.80. The van der Waals surface area contributed by atoms with E-state index in [0.29, 0.717) is 5.56 Å². The summed E-state index contributed by atoms with van der Waals surface area (Å²) in [6.07, 6.45) is 0. The molecule has 0 aliphatic carbocycles. The molecular formula is C19H14FN5O2. The van der Waals surface area contributed by atoms with Gasteiger partial charge in [-0.25, -0.2) is 23.7 Å². The minimum absolute atomic E-state index is 0.0121. The third-order valence-electron chi connectivity index (χ3n) is 4.14. The molecule has 0 aliphatic rings. The third-order valence-corrected chi connectivity index (χ3v) is 4.14. The maximum absolute atomic E-state index is 14.3. The van der Waals surface area contributed by atoms with Crippen LogP contribution in [0.4, 0.5) is 4.39 Å². The number of fused-ring (bicyclic) bond motifs is 1. The minimum atomic E-state index is -0.821. The van der Waals surface area contributed by atoms with Gasteiger partial charge in [0.25, 0.3) is 5.91 Å². The lowest BCUT2D eigenvalue weighted by molar-refractivity contribution is 0.0997. The summed E-state index contributed by atoms with van der Waals surface area (Å²) in [7, 11) is 0. The van der Waals surface area contributed by atoms with Crippen molar-refractivity contribution < 1.29 is 9.18 Å². The summed E-state index contributed by atoms with van der Waals surface area (Å²) in [6, 6.07) is 13.1. The average Bonchev–Trinajstić information content (AvgIpc) is 2.97. The molecule has 0 spiro atoms. The molecule has 1 amide bonds. The zero-order valence-corrected chi connectivity index (χ0v) is 14.2. The molecule has 8 heteroatoms. The number of amides is 1. The fourth-order valence-electron chi connectivity index (χ4n) is 2.93. The highest BCUT2D eigenvalue weighted by molar-refractivity contribution is 6.02. The highest BCUT2D eigenvalue weighted by Gasteiger charge is 2.21. The van der Waals surface area contributed by atoms with E-state index >= 15 is 0 Å². The molecule has 2 aromatic heterocycles. The van der Waals surface area contributed by atoms with Crippen molar-refractivity contribution in [3.63, 3.8) is 0 Å². The summed E-state index contributed by atoms with van der Waals surface area (Å²) in [5, 5.41) is 0. The molecule has 4 aromatic rings. The Morgan fingerprint density at radius 3 is 2.63 bits per heavy atom. The standard InChI is InChI=1S/C19H14FN5O2/c1-10-5-4-6-11(9-10)17-22-14(16(21)26)15-18(24-17)25(19(27)23-15)13-8-3-2-7-12(13)20/h2-9H,1H3,(H2,21,26)(H,23,27). The number of rotatable bonds is 3. The van der Waals surface area contributed by atoms with Crippen molar-refractivity contribution in [2.24, 2.45) is 5.73 Å². The van der Waals surface area contributed by atoms with Gasteiger partial charge in [0.2, 0.25) is 0 Å². The highest BCUT2D eigenvalue weighted by atomic mass is 19.1. The molecule has 0 saturated carbocycles. The number of nitrogens with zero attached hydrogens (tertiary/aromatic N) is 3. The molecule has 134 valence electrons. The molecule has 4 rings (SSSR count). The number of hydrogen-bond donors (Lipinski definition) is 2. The van der Waals surface area contributed by atoms with Crippen LogP contribution in [0.25, 0.3) is 28.2 Å². The number of carbonyl (C=O) groups is 1. The molecule has 0 aliphatic heterocycles. The lowest BCUT2D eigenvalue weighted by Gasteiger charge is -2.07. The topological polar surface area (TPSA) is 107 Å². The Labute approximate surface area is 152 Å². The zero-order valence-electron chi connectivity index (χ0n) is 14.2. The molecule has 2 aromatic carbocycles. The van der Waals surface area contributed by atoms with Gasteiger partial charge < -0.3 is 10.7 Å². The molecule has 0 radical (unpaired) electrons. The maximum Gasteiger partial charge on any atom is 0.332 e. The first kappa shape index (κ1) is 16.6. The third kappa shape index (κ3) is 2.77. The van der Waals surface area contributed by atoms with Gasteiger partial charge in [-0.2, -0.15) is 0 Å². The number of para-hydroxylation sites is 1. The Balaban J connectivity index is 2.10. The van der Waals surface area contributed by atoms with Crippen molar-refractivity contribution in [2.45, 2.75) is 6.92 Å². The molecule has 0 saturated heterocycles. The van der Waals surface area contributed by atoms with Gasteiger partial charge in [-0.3, -0.25) is 4.79 Å². The van der Waals surface area contributed by atoms with E-state index in [-0.39, 0.29) is 28.4 Å². The largest absolute Gasteiger partial charge is 0.364 e. The van der Waals surface area contributed by atoms with Gasteiger partial charge in [0, 0.05) is 5.56 Å². The van der Waals surface area contributed by atoms with Crippen LogP contribution < -0.4 is 11.4 Å². The van der Waals surface area contributed by atoms with Crippen molar-refractivity contribution in [3.05, 3.63) is 76.1 Å². The van der Waals surface area contributed by atoms with Crippen molar-refractivity contribution in [3.8, 4) is 17.1 Å². The molecule has 27 heavy (non-hydrogen) atoms. The van der Waals surface area contributed by atoms with Crippen molar-refractivity contribution in [1.29, 1.82) is 0 Å². The number of primary amides is 1. The van der Waals surface area contributed by atoms with E-state index in [0.717, 1.165) is 10.1 Å². The zero-order chi connectivity index (χ0) is 19.1. The molecule has 0 bridgehead atoms. The summed E-state index contributed by atoms with van der Waals surface area (Å²) in [6.45, 7) is 1.91. The number of H-pyrrole nitrogens is 1. The minimum Gasteiger partial charge on any atom is -0.364 e. The Morgan fingerprint density at radius 1 is 1.15 bits per heavy atom. The predicted molar refractivity (Wildman–Crippen MR) is 98.1 cm³/mol. The number of nitrogens with one attached hydrogen (secondary N) is 1. The second-order valence-electron chi connectivity index (χ2n) is 6.05. The van der Waals surface area contributed by atoms with Gasteiger partial charge in [0.1, 0.15) is 11.3 Å². The maximum atomic E-state index is 14.3. The number of halogens is 1. The van der Waals surface area contributed by atoms with Crippen LogP contribution in [0.3, 0.4) is 0 Å². The molecule has 0 fully saturated rings. The van der Waals surface area contributed by atoms with Crippen molar-refractivity contribution >= 4 is 17.1 Å². The number of aromatic amines is 1. The van der Waals surface area contributed by atoms with E-state index in [1.165, 1.54) is 18.2 Å². The SMILES string of the molecule is Cc1cccc(-c2nc(C(N)=O)c3[nH]c(=O)n(-c4ccccc4F)c3n2)c1. The number of carbonyl (C=O) groups excluding carboxylic acids is 1. The summed E-state index contributed by atoms with van der Waals surface area (Å²) in [5.41, 5.74) is 6.43. The number of aromatic nitrogens is 4. The van der Waals surface area contributed by atoms with Gasteiger partial charge in [0.05, 0.1) is 5.69 Å². The number of aryl methyl sites for hydroxylation is 1. The fraction of sp³-hybridized carbons (Fsp3) is 0.0526. The van der Waals surface area contributed by atoms with Gasteiger partial charge >= 0.3 is 5.69 Å². The van der Waals surface area contributed by atoms with Crippen LogP contribution in [0, 0.1) is 12.7 Å². The molecule has 2 heterocycles. The first-order valence-electron chi connectivity index (χ1n) is 8.10. The average molecular weight is 363 g/mol.